The standard InChI is InChI=1S/C42H56FN5O6S/c1-4-8-39(49)48-24-19-35(48)26-55(51,52)36-15-13-34(14-16-36)47-28-41(29-47,54-3)27-46-22-17-31(18-23-46)42(30-45-20-7-21-45,32-9-5-10-33(43)25-32)37-11-6-12-38(37)44-40(50)53-2/h5,9-10,13-16,25,31,35,37-38H,6-7,11-12,17-24,26-30H2,1-3H3,(H,44,50)/t35-,37-,38-,42?/m0/s1. The zero-order valence-electron chi connectivity index (χ0n) is 32.5. The summed E-state index contributed by atoms with van der Waals surface area (Å²) in [5, 5.41) is 3.18. The molecule has 5 fully saturated rings. The maximum atomic E-state index is 15.1. The topological polar surface area (TPSA) is 112 Å². The highest BCUT2D eigenvalue weighted by molar-refractivity contribution is 7.91. The molecule has 1 unspecified atom stereocenters. The van der Waals surface area contributed by atoms with E-state index in [2.05, 4.69) is 37.9 Å². The van der Waals surface area contributed by atoms with Crippen LogP contribution in [0.1, 0.15) is 57.4 Å². The zero-order valence-corrected chi connectivity index (χ0v) is 33.3. The van der Waals surface area contributed by atoms with Gasteiger partial charge < -0.3 is 34.4 Å². The number of hydrogen-bond acceptors (Lipinski definition) is 9. The number of benzene rings is 2. The Morgan fingerprint density at radius 3 is 2.29 bits per heavy atom. The van der Waals surface area contributed by atoms with Gasteiger partial charge in [0.05, 0.1) is 30.8 Å². The molecule has 0 aromatic heterocycles. The minimum Gasteiger partial charge on any atom is -0.453 e. The van der Waals surface area contributed by atoms with E-state index in [1.807, 2.05) is 18.2 Å². The first-order valence-corrected chi connectivity index (χ1v) is 21.6. The normalized spacial score (nSPS) is 25.4. The lowest BCUT2D eigenvalue weighted by molar-refractivity contribution is -0.131. The fourth-order valence-corrected chi connectivity index (χ4v) is 11.7. The summed E-state index contributed by atoms with van der Waals surface area (Å²) >= 11 is 0. The highest BCUT2D eigenvalue weighted by Gasteiger charge is 2.54. The second-order valence-corrected chi connectivity index (χ2v) is 18.4. The maximum absolute atomic E-state index is 15.1. The van der Waals surface area contributed by atoms with E-state index in [1.54, 1.807) is 37.1 Å². The molecule has 2 amide bonds. The molecule has 0 spiro atoms. The number of sulfone groups is 1. The number of likely N-dealkylation sites (tertiary alicyclic amines) is 3. The van der Waals surface area contributed by atoms with Gasteiger partial charge in [0, 0.05) is 49.9 Å². The van der Waals surface area contributed by atoms with E-state index in [0.29, 0.717) is 32.0 Å². The van der Waals surface area contributed by atoms with Crippen LogP contribution in [0, 0.1) is 29.5 Å². The summed E-state index contributed by atoms with van der Waals surface area (Å²) < 4.78 is 52.8. The Balaban J connectivity index is 1.01. The van der Waals surface area contributed by atoms with Crippen molar-refractivity contribution in [3.05, 3.63) is 59.9 Å². The summed E-state index contributed by atoms with van der Waals surface area (Å²) in [5.74, 6) is 4.93. The molecule has 298 valence electrons. The lowest BCUT2D eigenvalue weighted by atomic mass is 9.57. The molecule has 13 heteroatoms. The largest absolute Gasteiger partial charge is 0.453 e. The van der Waals surface area contributed by atoms with Gasteiger partial charge in [-0.05, 0) is 131 Å². The monoisotopic (exact) mass is 777 g/mol. The molecule has 4 heterocycles. The maximum Gasteiger partial charge on any atom is 0.407 e. The van der Waals surface area contributed by atoms with Crippen molar-refractivity contribution in [2.45, 2.75) is 79.9 Å². The Kier molecular flexibility index (Phi) is 11.8. The summed E-state index contributed by atoms with van der Waals surface area (Å²) in [6.07, 6.45) is 6.22. The van der Waals surface area contributed by atoms with Crippen molar-refractivity contribution in [1.29, 1.82) is 0 Å². The summed E-state index contributed by atoms with van der Waals surface area (Å²) in [5.41, 5.74) is 1.32. The number of methoxy groups -OCH3 is 2. The van der Waals surface area contributed by atoms with Gasteiger partial charge in [0.25, 0.3) is 5.91 Å². The molecule has 11 nitrogen and oxygen atoms in total. The van der Waals surface area contributed by atoms with Crippen LogP contribution in [0.4, 0.5) is 14.9 Å². The van der Waals surface area contributed by atoms with Gasteiger partial charge in [-0.3, -0.25) is 4.79 Å². The quantitative estimate of drug-likeness (QED) is 0.298. The summed E-state index contributed by atoms with van der Waals surface area (Å²) in [7, 11) is -0.388. The Morgan fingerprint density at radius 1 is 0.945 bits per heavy atom. The average Bonchev–Trinajstić information content (AvgIpc) is 3.60. The van der Waals surface area contributed by atoms with Gasteiger partial charge in [-0.2, -0.15) is 0 Å². The fourth-order valence-electron chi connectivity index (χ4n) is 10.2. The number of halogens is 1. The van der Waals surface area contributed by atoms with Gasteiger partial charge in [-0.1, -0.05) is 24.5 Å². The van der Waals surface area contributed by atoms with Crippen LogP contribution in [-0.4, -0.2) is 132 Å². The van der Waals surface area contributed by atoms with Crippen LogP contribution in [0.5, 0.6) is 0 Å². The molecule has 5 aliphatic rings. The molecule has 1 aliphatic carbocycles. The first kappa shape index (κ1) is 39.5. The number of piperidine rings is 1. The molecule has 4 atom stereocenters. The van der Waals surface area contributed by atoms with Gasteiger partial charge in [0.1, 0.15) is 11.4 Å². The van der Waals surface area contributed by atoms with Gasteiger partial charge >= 0.3 is 6.09 Å². The predicted octanol–water partition coefficient (Wildman–Crippen LogP) is 4.31. The van der Waals surface area contributed by atoms with E-state index in [4.69, 9.17) is 9.47 Å². The second-order valence-electron chi connectivity index (χ2n) is 16.3. The number of amides is 2. The average molecular weight is 778 g/mol. The molecule has 4 aliphatic heterocycles. The molecule has 55 heavy (non-hydrogen) atoms. The molecule has 0 radical (unpaired) electrons. The molecule has 1 N–H and O–H groups in total. The van der Waals surface area contributed by atoms with Crippen LogP contribution in [-0.2, 0) is 29.5 Å². The number of ether oxygens (including phenoxy) is 2. The number of alkyl carbamates (subject to hydrolysis) is 1. The number of nitrogens with zero attached hydrogens (tertiary/aromatic N) is 4. The van der Waals surface area contributed by atoms with E-state index < -0.39 is 15.9 Å². The van der Waals surface area contributed by atoms with Crippen LogP contribution < -0.4 is 10.2 Å². The first-order valence-electron chi connectivity index (χ1n) is 19.9. The van der Waals surface area contributed by atoms with E-state index in [1.165, 1.54) is 19.6 Å². The Bertz CT molecular complexity index is 1870. The number of nitrogens with one attached hydrogen (secondary N) is 1. The molecule has 4 saturated heterocycles. The number of anilines is 1. The molecule has 2 aromatic rings. The molecule has 1 saturated carbocycles. The summed E-state index contributed by atoms with van der Waals surface area (Å²) in [6, 6.07) is 13.9. The van der Waals surface area contributed by atoms with Crippen LogP contribution in [0.25, 0.3) is 0 Å². The van der Waals surface area contributed by atoms with E-state index in [9.17, 15) is 18.0 Å². The summed E-state index contributed by atoms with van der Waals surface area (Å²) in [4.78, 5) is 33.8. The lowest BCUT2D eigenvalue weighted by Gasteiger charge is -2.55. The minimum absolute atomic E-state index is 0.0356. The number of hydrogen-bond donors (Lipinski definition) is 1. The Hall–Kier alpha value is -3.70. The Labute approximate surface area is 325 Å². The smallest absolute Gasteiger partial charge is 0.407 e. The zero-order chi connectivity index (χ0) is 38.8. The van der Waals surface area contributed by atoms with Crippen molar-refractivity contribution in [3.63, 3.8) is 0 Å². The highest BCUT2D eigenvalue weighted by Crippen LogP contribution is 2.51. The van der Waals surface area contributed by atoms with Gasteiger partial charge in [-0.25, -0.2) is 17.6 Å². The van der Waals surface area contributed by atoms with E-state index in [-0.39, 0.29) is 51.4 Å². The first-order chi connectivity index (χ1) is 26.5. The van der Waals surface area contributed by atoms with Crippen LogP contribution in [0.2, 0.25) is 0 Å². The lowest BCUT2D eigenvalue weighted by Crippen LogP contribution is -2.68. The molecule has 7 rings (SSSR count). The van der Waals surface area contributed by atoms with Crippen LogP contribution in [0.15, 0.2) is 53.4 Å². The van der Waals surface area contributed by atoms with Crippen LogP contribution >= 0.6 is 0 Å². The van der Waals surface area contributed by atoms with Gasteiger partial charge in [0.2, 0.25) is 0 Å². The van der Waals surface area contributed by atoms with E-state index in [0.717, 1.165) is 82.6 Å². The van der Waals surface area contributed by atoms with Crippen LogP contribution in [0.3, 0.4) is 0 Å². The molecule has 0 bridgehead atoms. The van der Waals surface area contributed by atoms with Gasteiger partial charge in [-0.15, -0.1) is 0 Å². The van der Waals surface area contributed by atoms with Crippen molar-refractivity contribution in [3.8, 4) is 11.8 Å². The molecular weight excluding hydrogens is 722 g/mol. The van der Waals surface area contributed by atoms with Crippen molar-refractivity contribution in [2.75, 3.05) is 83.8 Å². The summed E-state index contributed by atoms with van der Waals surface area (Å²) in [6.45, 7) is 9.04. The minimum atomic E-state index is -3.57. The third kappa shape index (κ3) is 8.11. The van der Waals surface area contributed by atoms with Gasteiger partial charge in [0.15, 0.2) is 9.84 Å². The van der Waals surface area contributed by atoms with Crippen molar-refractivity contribution >= 4 is 27.5 Å². The van der Waals surface area contributed by atoms with Crippen molar-refractivity contribution < 1.29 is 31.9 Å². The second kappa shape index (κ2) is 16.4. The molecule has 2 aromatic carbocycles. The van der Waals surface area contributed by atoms with E-state index >= 15 is 4.39 Å². The highest BCUT2D eigenvalue weighted by atomic mass is 32.2. The van der Waals surface area contributed by atoms with Crippen molar-refractivity contribution in [2.24, 2.45) is 11.8 Å². The fraction of sp³-hybridized carbons (Fsp3) is 0.619. The third-order valence-corrected chi connectivity index (χ3v) is 15.1. The Morgan fingerprint density at radius 2 is 1.69 bits per heavy atom. The number of carbonyl (C=O) groups is 2. The predicted molar refractivity (Wildman–Crippen MR) is 209 cm³/mol. The number of rotatable bonds is 13. The van der Waals surface area contributed by atoms with Crippen molar-refractivity contribution in [1.82, 2.24) is 20.0 Å². The number of carbonyl (C=O) groups excluding carboxylic acids is 2. The molecular formula is C42H56FN5O6S. The third-order valence-electron chi connectivity index (χ3n) is 13.3. The SMILES string of the molecule is CC#CC(=O)N1CC[C@H]1CS(=O)(=O)c1ccc(N2CC(CN3CCC(C(CN4CCC4)(c4cccc(F)c4)[C@H]4CCC[C@@H]4NC(=O)OC)CC3)(OC)C2)cc1.